The zero-order valence-corrected chi connectivity index (χ0v) is 10.9. The Balaban J connectivity index is 2.67. The highest BCUT2D eigenvalue weighted by molar-refractivity contribution is 5.46. The van der Waals surface area contributed by atoms with Crippen LogP contribution in [-0.2, 0) is 4.74 Å². The van der Waals surface area contributed by atoms with Gasteiger partial charge in [-0.1, -0.05) is 6.07 Å². The summed E-state index contributed by atoms with van der Waals surface area (Å²) in [4.78, 5) is 0. The molecule has 0 heterocycles. The summed E-state index contributed by atoms with van der Waals surface area (Å²) in [5.41, 5.74) is 0.494. The maximum absolute atomic E-state index is 11.9. The van der Waals surface area contributed by atoms with Crippen LogP contribution in [-0.4, -0.2) is 39.0 Å². The van der Waals surface area contributed by atoms with Crippen LogP contribution < -0.4 is 9.47 Å². The highest BCUT2D eigenvalue weighted by Gasteiger charge is 2.18. The van der Waals surface area contributed by atoms with Gasteiger partial charge in [-0.3, -0.25) is 0 Å². The van der Waals surface area contributed by atoms with Gasteiger partial charge in [0.25, 0.3) is 6.43 Å². The second-order valence-corrected chi connectivity index (χ2v) is 3.85. The van der Waals surface area contributed by atoms with E-state index in [2.05, 4.69) is 0 Å². The second kappa shape index (κ2) is 7.91. The molecule has 4 nitrogen and oxygen atoms in total. The van der Waals surface area contributed by atoms with E-state index >= 15 is 0 Å². The molecule has 1 aromatic carbocycles. The van der Waals surface area contributed by atoms with Gasteiger partial charge in [0.2, 0.25) is 0 Å². The molecule has 0 spiro atoms. The maximum atomic E-state index is 11.9. The zero-order valence-electron chi connectivity index (χ0n) is 10.9. The number of hydrogen-bond donors (Lipinski definition) is 1. The van der Waals surface area contributed by atoms with E-state index in [4.69, 9.17) is 14.2 Å². The minimum absolute atomic E-state index is 0.0344. The number of methoxy groups -OCH3 is 2. The molecule has 0 fully saturated rings. The molecular formula is C13H18F2O4. The summed E-state index contributed by atoms with van der Waals surface area (Å²) < 4.78 is 38.8. The predicted molar refractivity (Wildman–Crippen MR) is 65.9 cm³/mol. The Morgan fingerprint density at radius 3 is 2.21 bits per heavy atom. The van der Waals surface area contributed by atoms with Crippen LogP contribution in [0.15, 0.2) is 18.2 Å². The first-order valence-corrected chi connectivity index (χ1v) is 5.85. The Hall–Kier alpha value is -1.40. The van der Waals surface area contributed by atoms with Gasteiger partial charge in [0, 0.05) is 13.0 Å². The van der Waals surface area contributed by atoms with Gasteiger partial charge >= 0.3 is 0 Å². The van der Waals surface area contributed by atoms with Crippen molar-refractivity contribution < 1.29 is 28.1 Å². The smallest absolute Gasteiger partial charge is 0.261 e. The van der Waals surface area contributed by atoms with Crippen LogP contribution in [0.1, 0.15) is 18.1 Å². The van der Waals surface area contributed by atoms with Crippen LogP contribution in [0.4, 0.5) is 8.78 Å². The lowest BCUT2D eigenvalue weighted by Crippen LogP contribution is -2.10. The van der Waals surface area contributed by atoms with E-state index in [1.54, 1.807) is 18.2 Å². The summed E-state index contributed by atoms with van der Waals surface area (Å²) in [5, 5.41) is 10.1. The average molecular weight is 276 g/mol. The number of ether oxygens (including phenoxy) is 3. The lowest BCUT2D eigenvalue weighted by atomic mass is 10.0. The van der Waals surface area contributed by atoms with Crippen molar-refractivity contribution in [3.8, 4) is 11.5 Å². The number of hydrogen-bond acceptors (Lipinski definition) is 4. The number of alkyl halides is 2. The number of aliphatic hydroxyl groups excluding tert-OH is 1. The van der Waals surface area contributed by atoms with Crippen LogP contribution >= 0.6 is 0 Å². The van der Waals surface area contributed by atoms with E-state index in [1.807, 2.05) is 0 Å². The molecule has 1 atom stereocenters. The van der Waals surface area contributed by atoms with Gasteiger partial charge in [-0.2, -0.15) is 0 Å². The molecule has 0 radical (unpaired) electrons. The lowest BCUT2D eigenvalue weighted by Gasteiger charge is -2.18. The molecule has 0 aliphatic carbocycles. The summed E-state index contributed by atoms with van der Waals surface area (Å²) in [7, 11) is 2.97. The largest absolute Gasteiger partial charge is 0.496 e. The maximum Gasteiger partial charge on any atom is 0.261 e. The van der Waals surface area contributed by atoms with Crippen molar-refractivity contribution in [1.29, 1.82) is 0 Å². The molecule has 19 heavy (non-hydrogen) atoms. The van der Waals surface area contributed by atoms with E-state index in [0.29, 0.717) is 17.1 Å². The number of rotatable bonds is 8. The quantitative estimate of drug-likeness (QED) is 0.741. The summed E-state index contributed by atoms with van der Waals surface area (Å²) in [6.45, 7) is -0.595. The number of halogens is 2. The van der Waals surface area contributed by atoms with Gasteiger partial charge in [-0.05, 0) is 12.1 Å². The van der Waals surface area contributed by atoms with Crippen molar-refractivity contribution in [2.24, 2.45) is 0 Å². The molecule has 1 rings (SSSR count). The summed E-state index contributed by atoms with van der Waals surface area (Å²) in [6.07, 6.45) is -3.22. The molecule has 6 heteroatoms. The van der Waals surface area contributed by atoms with Gasteiger partial charge in [-0.25, -0.2) is 8.78 Å². The SMILES string of the molecule is COc1cccc(OC)c1C(O)CCOCC(F)F. The minimum atomic E-state index is -2.50. The Kier molecular flexibility index (Phi) is 6.52. The predicted octanol–water partition coefficient (Wildman–Crippen LogP) is 2.41. The third-order valence-electron chi connectivity index (χ3n) is 2.58. The Morgan fingerprint density at radius 2 is 1.74 bits per heavy atom. The van der Waals surface area contributed by atoms with E-state index in [1.165, 1.54) is 14.2 Å². The van der Waals surface area contributed by atoms with E-state index < -0.39 is 19.1 Å². The summed E-state index contributed by atoms with van der Waals surface area (Å²) in [5.74, 6) is 0.974. The van der Waals surface area contributed by atoms with Crippen LogP contribution in [0, 0.1) is 0 Å². The van der Waals surface area contributed by atoms with Crippen molar-refractivity contribution in [2.45, 2.75) is 19.0 Å². The Bertz CT molecular complexity index is 363. The van der Waals surface area contributed by atoms with Crippen molar-refractivity contribution in [3.05, 3.63) is 23.8 Å². The van der Waals surface area contributed by atoms with E-state index in [9.17, 15) is 13.9 Å². The van der Waals surface area contributed by atoms with Gasteiger partial charge in [0.1, 0.15) is 18.1 Å². The molecule has 0 saturated heterocycles. The molecular weight excluding hydrogens is 258 g/mol. The zero-order chi connectivity index (χ0) is 14.3. The van der Waals surface area contributed by atoms with Crippen molar-refractivity contribution in [3.63, 3.8) is 0 Å². The summed E-state index contributed by atoms with van der Waals surface area (Å²) >= 11 is 0. The highest BCUT2D eigenvalue weighted by Crippen LogP contribution is 2.35. The van der Waals surface area contributed by atoms with E-state index in [-0.39, 0.29) is 13.0 Å². The molecule has 0 aromatic heterocycles. The average Bonchev–Trinajstić information content (AvgIpc) is 2.42. The Morgan fingerprint density at radius 1 is 1.16 bits per heavy atom. The van der Waals surface area contributed by atoms with Gasteiger partial charge in [0.15, 0.2) is 0 Å². The van der Waals surface area contributed by atoms with Crippen molar-refractivity contribution in [2.75, 3.05) is 27.4 Å². The fraction of sp³-hybridized carbons (Fsp3) is 0.538. The van der Waals surface area contributed by atoms with Crippen LogP contribution in [0.25, 0.3) is 0 Å². The topological polar surface area (TPSA) is 47.9 Å². The molecule has 1 aromatic rings. The van der Waals surface area contributed by atoms with Crippen molar-refractivity contribution in [1.82, 2.24) is 0 Å². The third kappa shape index (κ3) is 4.65. The first-order chi connectivity index (χ1) is 9.10. The number of aliphatic hydroxyl groups is 1. The van der Waals surface area contributed by atoms with Crippen molar-refractivity contribution >= 4 is 0 Å². The molecule has 1 N–H and O–H groups in total. The molecule has 0 amide bonds. The molecule has 108 valence electrons. The second-order valence-electron chi connectivity index (χ2n) is 3.85. The fourth-order valence-electron chi connectivity index (χ4n) is 1.72. The summed E-state index contributed by atoms with van der Waals surface area (Å²) in [6, 6.07) is 5.13. The monoisotopic (exact) mass is 276 g/mol. The van der Waals surface area contributed by atoms with Gasteiger partial charge < -0.3 is 19.3 Å². The van der Waals surface area contributed by atoms with Crippen LogP contribution in [0.2, 0.25) is 0 Å². The standard InChI is InChI=1S/C13H18F2O4/c1-17-10-4-3-5-11(18-2)13(10)9(16)6-7-19-8-12(14)15/h3-5,9,12,16H,6-8H2,1-2H3. The third-order valence-corrected chi connectivity index (χ3v) is 2.58. The Labute approximate surface area is 110 Å². The van der Waals surface area contributed by atoms with Crippen LogP contribution in [0.3, 0.4) is 0 Å². The highest BCUT2D eigenvalue weighted by atomic mass is 19.3. The molecule has 0 aliphatic heterocycles. The first-order valence-electron chi connectivity index (χ1n) is 5.85. The first kappa shape index (κ1) is 15.7. The normalized spacial score (nSPS) is 12.5. The fourth-order valence-corrected chi connectivity index (χ4v) is 1.72. The van der Waals surface area contributed by atoms with Gasteiger partial charge in [-0.15, -0.1) is 0 Å². The molecule has 0 bridgehead atoms. The van der Waals surface area contributed by atoms with Gasteiger partial charge in [0.05, 0.1) is 25.9 Å². The molecule has 0 aliphatic rings. The van der Waals surface area contributed by atoms with Crippen LogP contribution in [0.5, 0.6) is 11.5 Å². The molecule has 1 unspecified atom stereocenters. The minimum Gasteiger partial charge on any atom is -0.496 e. The lowest BCUT2D eigenvalue weighted by molar-refractivity contribution is 0.00438. The van der Waals surface area contributed by atoms with E-state index in [0.717, 1.165) is 0 Å². The molecule has 0 saturated carbocycles. The number of benzene rings is 1.